The van der Waals surface area contributed by atoms with Gasteiger partial charge in [-0.2, -0.15) is 0 Å². The molecule has 0 aliphatic carbocycles. The Morgan fingerprint density at radius 2 is 1.85 bits per heavy atom. The SMILES string of the molecule is Cc1ccc(NC(=O)[C@@H](N)CNS(C)(=O)=O)cc1C(=O)N[C@H](C)c1ccnc2ccccc12. The van der Waals surface area contributed by atoms with E-state index in [1.807, 2.05) is 37.3 Å². The van der Waals surface area contributed by atoms with Crippen LogP contribution in [0.1, 0.15) is 34.5 Å². The number of anilines is 1. The molecule has 0 saturated heterocycles. The van der Waals surface area contributed by atoms with Crippen LogP contribution in [0.4, 0.5) is 5.69 Å². The van der Waals surface area contributed by atoms with Crippen molar-refractivity contribution in [2.45, 2.75) is 25.9 Å². The molecule has 0 saturated carbocycles. The summed E-state index contributed by atoms with van der Waals surface area (Å²) < 4.78 is 24.6. The van der Waals surface area contributed by atoms with Crippen LogP contribution in [-0.2, 0) is 14.8 Å². The van der Waals surface area contributed by atoms with E-state index in [4.69, 9.17) is 5.73 Å². The fourth-order valence-electron chi connectivity index (χ4n) is 3.36. The number of nitrogens with two attached hydrogens (primary N) is 1. The third-order valence-corrected chi connectivity index (χ3v) is 5.84. The fraction of sp³-hybridized carbons (Fsp3) is 0.261. The maximum absolute atomic E-state index is 13.0. The summed E-state index contributed by atoms with van der Waals surface area (Å²) in [5, 5.41) is 6.59. The second kappa shape index (κ2) is 10.1. The van der Waals surface area contributed by atoms with Crippen LogP contribution >= 0.6 is 0 Å². The molecule has 0 aliphatic heterocycles. The van der Waals surface area contributed by atoms with Crippen molar-refractivity contribution in [2.75, 3.05) is 18.1 Å². The lowest BCUT2D eigenvalue weighted by Crippen LogP contribution is -2.45. The number of nitrogens with one attached hydrogen (secondary N) is 3. The summed E-state index contributed by atoms with van der Waals surface area (Å²) in [6.07, 6.45) is 2.70. The minimum atomic E-state index is -3.46. The molecule has 9 nitrogen and oxygen atoms in total. The predicted octanol–water partition coefficient (Wildman–Crippen LogP) is 1.85. The van der Waals surface area contributed by atoms with Crippen LogP contribution in [0.5, 0.6) is 0 Å². The minimum Gasteiger partial charge on any atom is -0.345 e. The van der Waals surface area contributed by atoms with E-state index in [0.717, 1.165) is 28.3 Å². The number of hydrogen-bond donors (Lipinski definition) is 4. The van der Waals surface area contributed by atoms with E-state index < -0.39 is 22.0 Å². The molecular formula is C23H27N5O4S. The summed E-state index contributed by atoms with van der Waals surface area (Å²) >= 11 is 0. The zero-order valence-corrected chi connectivity index (χ0v) is 19.4. The molecule has 0 aliphatic rings. The predicted molar refractivity (Wildman–Crippen MR) is 128 cm³/mol. The first-order chi connectivity index (χ1) is 15.5. The first-order valence-electron chi connectivity index (χ1n) is 10.3. The standard InChI is InChI=1S/C23H27N5O4S/c1-14-8-9-16(28-23(30)20(24)13-26-33(3,31)32)12-19(14)22(29)27-15(2)17-10-11-25-21-7-5-4-6-18(17)21/h4-12,15,20,26H,13,24H2,1-3H3,(H,27,29)(H,28,30)/t15-,20+/m1/s1. The number of nitrogens with zero attached hydrogens (tertiary/aromatic N) is 1. The van der Waals surface area contributed by atoms with E-state index in [9.17, 15) is 18.0 Å². The number of hydrogen-bond acceptors (Lipinski definition) is 6. The van der Waals surface area contributed by atoms with Gasteiger partial charge in [-0.05, 0) is 49.2 Å². The maximum atomic E-state index is 13.0. The summed E-state index contributed by atoms with van der Waals surface area (Å²) in [6, 6.07) is 13.2. The highest BCUT2D eigenvalue weighted by atomic mass is 32.2. The van der Waals surface area contributed by atoms with Crippen molar-refractivity contribution in [1.82, 2.24) is 15.0 Å². The number of para-hydroxylation sites is 1. The van der Waals surface area contributed by atoms with Crippen LogP contribution in [0.3, 0.4) is 0 Å². The summed E-state index contributed by atoms with van der Waals surface area (Å²) in [5.74, 6) is -0.863. The van der Waals surface area contributed by atoms with Gasteiger partial charge in [0.2, 0.25) is 15.9 Å². The summed E-state index contributed by atoms with van der Waals surface area (Å²) in [7, 11) is -3.46. The highest BCUT2D eigenvalue weighted by molar-refractivity contribution is 7.88. The molecule has 0 fully saturated rings. The van der Waals surface area contributed by atoms with Crippen molar-refractivity contribution >= 4 is 38.4 Å². The number of carbonyl (C=O) groups excluding carboxylic acids is 2. The smallest absolute Gasteiger partial charge is 0.252 e. The van der Waals surface area contributed by atoms with Crippen LogP contribution < -0.4 is 21.1 Å². The number of pyridine rings is 1. The number of aryl methyl sites for hydroxylation is 1. The number of aromatic nitrogens is 1. The van der Waals surface area contributed by atoms with Crippen molar-refractivity contribution in [3.05, 3.63) is 71.4 Å². The van der Waals surface area contributed by atoms with Crippen LogP contribution in [-0.4, -0.2) is 44.1 Å². The van der Waals surface area contributed by atoms with Crippen LogP contribution in [0.15, 0.2) is 54.7 Å². The number of carbonyl (C=O) groups is 2. The molecule has 3 rings (SSSR count). The van der Waals surface area contributed by atoms with Gasteiger partial charge < -0.3 is 16.4 Å². The molecule has 0 unspecified atom stereocenters. The molecule has 1 aromatic heterocycles. The van der Waals surface area contributed by atoms with Gasteiger partial charge >= 0.3 is 0 Å². The summed E-state index contributed by atoms with van der Waals surface area (Å²) in [6.45, 7) is 3.46. The third kappa shape index (κ3) is 6.35. The van der Waals surface area contributed by atoms with E-state index in [1.165, 1.54) is 0 Å². The van der Waals surface area contributed by atoms with E-state index in [-0.39, 0.29) is 18.5 Å². The van der Waals surface area contributed by atoms with Crippen molar-refractivity contribution < 1.29 is 18.0 Å². The summed E-state index contributed by atoms with van der Waals surface area (Å²) in [5.41, 5.74) is 9.07. The Morgan fingerprint density at radius 3 is 2.58 bits per heavy atom. The average Bonchev–Trinajstić information content (AvgIpc) is 2.77. The van der Waals surface area contributed by atoms with Gasteiger partial charge in [0.15, 0.2) is 0 Å². The van der Waals surface area contributed by atoms with Crippen molar-refractivity contribution in [3.8, 4) is 0 Å². The number of rotatable bonds is 8. The number of benzene rings is 2. The highest BCUT2D eigenvalue weighted by Crippen LogP contribution is 2.23. The lowest BCUT2D eigenvalue weighted by Gasteiger charge is -2.18. The average molecular weight is 470 g/mol. The Bertz CT molecular complexity index is 1290. The fourth-order valence-corrected chi connectivity index (χ4v) is 3.84. The van der Waals surface area contributed by atoms with Gasteiger partial charge in [-0.3, -0.25) is 14.6 Å². The molecule has 5 N–H and O–H groups in total. The lowest BCUT2D eigenvalue weighted by molar-refractivity contribution is -0.117. The van der Waals surface area contributed by atoms with Gasteiger partial charge in [0.05, 0.1) is 23.9 Å². The monoisotopic (exact) mass is 469 g/mol. The van der Waals surface area contributed by atoms with Crippen molar-refractivity contribution in [1.29, 1.82) is 0 Å². The van der Waals surface area contributed by atoms with E-state index >= 15 is 0 Å². The largest absolute Gasteiger partial charge is 0.345 e. The topological polar surface area (TPSA) is 143 Å². The molecule has 2 aromatic carbocycles. The molecule has 174 valence electrons. The van der Waals surface area contributed by atoms with Crippen LogP contribution in [0.2, 0.25) is 0 Å². The van der Waals surface area contributed by atoms with E-state index in [0.29, 0.717) is 11.3 Å². The number of amides is 2. The van der Waals surface area contributed by atoms with E-state index in [2.05, 4.69) is 20.3 Å². The quantitative estimate of drug-likeness (QED) is 0.396. The number of sulfonamides is 1. The highest BCUT2D eigenvalue weighted by Gasteiger charge is 2.18. The lowest BCUT2D eigenvalue weighted by atomic mass is 10.0. The minimum absolute atomic E-state index is 0.235. The molecule has 3 aromatic rings. The Kier molecular flexibility index (Phi) is 7.42. The molecule has 0 bridgehead atoms. The molecule has 1 heterocycles. The van der Waals surface area contributed by atoms with E-state index in [1.54, 1.807) is 31.3 Å². The molecule has 2 atom stereocenters. The Labute approximate surface area is 192 Å². The second-order valence-electron chi connectivity index (χ2n) is 7.86. The maximum Gasteiger partial charge on any atom is 0.252 e. The molecule has 0 spiro atoms. The molecular weight excluding hydrogens is 442 g/mol. The van der Waals surface area contributed by atoms with Gasteiger partial charge in [-0.25, -0.2) is 13.1 Å². The molecule has 0 radical (unpaired) electrons. The molecule has 2 amide bonds. The Hall–Kier alpha value is -3.34. The first kappa shape index (κ1) is 24.3. The normalized spacial score (nSPS) is 13.3. The zero-order chi connectivity index (χ0) is 24.2. The molecule has 33 heavy (non-hydrogen) atoms. The van der Waals surface area contributed by atoms with Gasteiger partial charge in [0.25, 0.3) is 5.91 Å². The van der Waals surface area contributed by atoms with Crippen molar-refractivity contribution in [2.24, 2.45) is 5.73 Å². The number of fused-ring (bicyclic) bond motifs is 1. The van der Waals surface area contributed by atoms with Gasteiger partial charge in [-0.15, -0.1) is 0 Å². The van der Waals surface area contributed by atoms with Crippen molar-refractivity contribution in [3.63, 3.8) is 0 Å². The third-order valence-electron chi connectivity index (χ3n) is 5.15. The van der Waals surface area contributed by atoms with Gasteiger partial charge in [0.1, 0.15) is 0 Å². The first-order valence-corrected chi connectivity index (χ1v) is 12.2. The Balaban J connectivity index is 1.73. The summed E-state index contributed by atoms with van der Waals surface area (Å²) in [4.78, 5) is 29.7. The van der Waals surface area contributed by atoms with Crippen LogP contribution in [0.25, 0.3) is 10.9 Å². The Morgan fingerprint density at radius 1 is 1.12 bits per heavy atom. The van der Waals surface area contributed by atoms with Crippen LogP contribution in [0, 0.1) is 6.92 Å². The zero-order valence-electron chi connectivity index (χ0n) is 18.6. The second-order valence-corrected chi connectivity index (χ2v) is 9.69. The van der Waals surface area contributed by atoms with Gasteiger partial charge in [-0.1, -0.05) is 24.3 Å². The van der Waals surface area contributed by atoms with Gasteiger partial charge in [0, 0.05) is 29.4 Å². The molecule has 10 heteroatoms.